The van der Waals surface area contributed by atoms with Crippen LogP contribution in [0.1, 0.15) is 10.4 Å². The molecule has 0 amide bonds. The number of esters is 1. The number of methoxy groups -OCH3 is 2. The van der Waals surface area contributed by atoms with Crippen LogP contribution in [0.25, 0.3) is 28.0 Å². The second kappa shape index (κ2) is 7.01. The van der Waals surface area contributed by atoms with E-state index in [1.807, 2.05) is 0 Å². The first-order valence-electron chi connectivity index (χ1n) is 8.57. The summed E-state index contributed by atoms with van der Waals surface area (Å²) in [4.78, 5) is 16.3. The van der Waals surface area contributed by atoms with Crippen LogP contribution in [0.4, 0.5) is 8.78 Å². The highest BCUT2D eigenvalue weighted by Gasteiger charge is 2.24. The maximum atomic E-state index is 14.9. The van der Waals surface area contributed by atoms with Gasteiger partial charge in [-0.2, -0.15) is 4.39 Å². The first-order valence-corrected chi connectivity index (χ1v) is 8.57. The summed E-state index contributed by atoms with van der Waals surface area (Å²) in [5.41, 5.74) is 1.29. The lowest BCUT2D eigenvalue weighted by molar-refractivity contribution is 0.0600. The summed E-state index contributed by atoms with van der Waals surface area (Å²) in [5, 5.41) is 3.70. The van der Waals surface area contributed by atoms with Gasteiger partial charge in [0.05, 0.1) is 25.3 Å². The molecule has 0 aliphatic carbocycles. The standard InChI is InChI=1S/C20H16F2N4O3/c1-25-10-13(18(22)24-25)12-5-4-6-14(21)16(12)17-19(28-2)26-8-7-11(20(27)29-3)9-15(26)23-17/h4-10H,1-3H3. The fourth-order valence-corrected chi connectivity index (χ4v) is 3.26. The molecule has 0 radical (unpaired) electrons. The number of carbonyl (C=O) groups is 1. The molecule has 148 valence electrons. The van der Waals surface area contributed by atoms with E-state index in [4.69, 9.17) is 9.47 Å². The van der Waals surface area contributed by atoms with Crippen molar-refractivity contribution >= 4 is 11.6 Å². The molecule has 3 aromatic heterocycles. The van der Waals surface area contributed by atoms with Gasteiger partial charge in [0.25, 0.3) is 0 Å². The number of pyridine rings is 1. The lowest BCUT2D eigenvalue weighted by Crippen LogP contribution is -2.02. The maximum Gasteiger partial charge on any atom is 0.338 e. The molecule has 0 saturated carbocycles. The number of hydrogen-bond donors (Lipinski definition) is 0. The largest absolute Gasteiger partial charge is 0.480 e. The van der Waals surface area contributed by atoms with Crippen LogP contribution < -0.4 is 4.74 Å². The molecule has 0 aliphatic rings. The van der Waals surface area contributed by atoms with Crippen LogP contribution in [0.2, 0.25) is 0 Å². The van der Waals surface area contributed by atoms with Crippen LogP contribution in [-0.2, 0) is 11.8 Å². The number of ether oxygens (including phenoxy) is 2. The molecule has 4 aromatic rings. The summed E-state index contributed by atoms with van der Waals surface area (Å²) in [6.45, 7) is 0. The van der Waals surface area contributed by atoms with Crippen molar-refractivity contribution in [2.45, 2.75) is 0 Å². The van der Waals surface area contributed by atoms with Crippen LogP contribution in [0.5, 0.6) is 5.88 Å². The highest BCUT2D eigenvalue weighted by Crippen LogP contribution is 2.39. The van der Waals surface area contributed by atoms with Gasteiger partial charge in [0.1, 0.15) is 17.2 Å². The highest BCUT2D eigenvalue weighted by molar-refractivity contribution is 5.91. The summed E-state index contributed by atoms with van der Waals surface area (Å²) in [5.74, 6) is -1.61. The van der Waals surface area contributed by atoms with Crippen molar-refractivity contribution in [1.29, 1.82) is 0 Å². The third kappa shape index (κ3) is 3.00. The van der Waals surface area contributed by atoms with E-state index in [1.54, 1.807) is 23.7 Å². The van der Waals surface area contributed by atoms with E-state index < -0.39 is 17.7 Å². The zero-order valence-electron chi connectivity index (χ0n) is 15.8. The molecule has 0 unspecified atom stereocenters. The fourth-order valence-electron chi connectivity index (χ4n) is 3.26. The number of imidazole rings is 1. The van der Waals surface area contributed by atoms with Gasteiger partial charge < -0.3 is 9.47 Å². The molecule has 4 rings (SSSR count). The Labute approximate surface area is 164 Å². The van der Waals surface area contributed by atoms with Crippen molar-refractivity contribution in [2.24, 2.45) is 7.05 Å². The van der Waals surface area contributed by atoms with E-state index in [0.29, 0.717) is 5.65 Å². The number of aryl methyl sites for hydroxylation is 1. The van der Waals surface area contributed by atoms with Gasteiger partial charge in [-0.25, -0.2) is 14.2 Å². The summed E-state index contributed by atoms with van der Waals surface area (Å²) < 4.78 is 42.3. The molecule has 3 heterocycles. The molecule has 29 heavy (non-hydrogen) atoms. The number of aromatic nitrogens is 4. The van der Waals surface area contributed by atoms with Crippen molar-refractivity contribution in [3.8, 4) is 28.3 Å². The minimum atomic E-state index is -0.727. The first kappa shape index (κ1) is 18.6. The van der Waals surface area contributed by atoms with Gasteiger partial charge in [-0.15, -0.1) is 5.10 Å². The molecule has 0 aliphatic heterocycles. The van der Waals surface area contributed by atoms with Crippen LogP contribution >= 0.6 is 0 Å². The second-order valence-electron chi connectivity index (χ2n) is 6.27. The second-order valence-corrected chi connectivity index (χ2v) is 6.27. The van der Waals surface area contributed by atoms with Crippen molar-refractivity contribution in [1.82, 2.24) is 19.2 Å². The number of halogens is 2. The topological polar surface area (TPSA) is 70.7 Å². The van der Waals surface area contributed by atoms with Crippen LogP contribution in [0, 0.1) is 11.8 Å². The summed E-state index contributed by atoms with van der Waals surface area (Å²) >= 11 is 0. The van der Waals surface area contributed by atoms with Crippen LogP contribution in [0.15, 0.2) is 42.7 Å². The Hall–Kier alpha value is -3.75. The van der Waals surface area contributed by atoms with E-state index in [2.05, 4.69) is 10.1 Å². The Morgan fingerprint density at radius 2 is 1.93 bits per heavy atom. The van der Waals surface area contributed by atoms with Crippen LogP contribution in [-0.4, -0.2) is 39.4 Å². The molecule has 0 atom stereocenters. The van der Waals surface area contributed by atoms with E-state index in [-0.39, 0.29) is 33.8 Å². The minimum absolute atomic E-state index is 0.0690. The molecule has 0 saturated heterocycles. The van der Waals surface area contributed by atoms with Gasteiger partial charge in [0, 0.05) is 30.6 Å². The molecule has 0 N–H and O–H groups in total. The van der Waals surface area contributed by atoms with Gasteiger partial charge in [-0.3, -0.25) is 9.08 Å². The predicted molar refractivity (Wildman–Crippen MR) is 101 cm³/mol. The molecular weight excluding hydrogens is 382 g/mol. The normalized spacial score (nSPS) is 11.1. The molecule has 0 bridgehead atoms. The Morgan fingerprint density at radius 3 is 2.59 bits per heavy atom. The summed E-state index contributed by atoms with van der Waals surface area (Å²) in [6.07, 6.45) is 3.04. The molecule has 0 spiro atoms. The summed E-state index contributed by atoms with van der Waals surface area (Å²) in [7, 11) is 4.27. The van der Waals surface area contributed by atoms with Crippen molar-refractivity contribution < 1.29 is 23.0 Å². The van der Waals surface area contributed by atoms with Gasteiger partial charge in [0.2, 0.25) is 11.8 Å². The Morgan fingerprint density at radius 1 is 1.14 bits per heavy atom. The Balaban J connectivity index is 2.00. The average molecular weight is 398 g/mol. The molecule has 1 aromatic carbocycles. The molecule has 0 fully saturated rings. The number of rotatable bonds is 4. The monoisotopic (exact) mass is 398 g/mol. The SMILES string of the molecule is COC(=O)c1ccn2c(OC)c(-c3c(F)cccc3-c3cn(C)nc3F)nc2c1. The third-order valence-corrected chi connectivity index (χ3v) is 4.52. The molecule has 7 nitrogen and oxygen atoms in total. The average Bonchev–Trinajstić information content (AvgIpc) is 3.24. The zero-order valence-corrected chi connectivity index (χ0v) is 15.8. The molecule has 9 heteroatoms. The number of benzene rings is 1. The minimum Gasteiger partial charge on any atom is -0.480 e. The number of fused-ring (bicyclic) bond motifs is 1. The quantitative estimate of drug-likeness (QED) is 0.493. The lowest BCUT2D eigenvalue weighted by Gasteiger charge is -2.09. The maximum absolute atomic E-state index is 14.9. The van der Waals surface area contributed by atoms with Gasteiger partial charge in [-0.05, 0) is 18.2 Å². The van der Waals surface area contributed by atoms with Gasteiger partial charge in [0.15, 0.2) is 0 Å². The van der Waals surface area contributed by atoms with E-state index >= 15 is 0 Å². The van der Waals surface area contributed by atoms with Gasteiger partial charge >= 0.3 is 5.97 Å². The number of hydrogen-bond acceptors (Lipinski definition) is 5. The Bertz CT molecular complexity index is 1250. The number of carbonyl (C=O) groups excluding carboxylic acids is 1. The van der Waals surface area contributed by atoms with Crippen molar-refractivity contribution in [3.05, 3.63) is 60.1 Å². The van der Waals surface area contributed by atoms with Crippen LogP contribution in [0.3, 0.4) is 0 Å². The van der Waals surface area contributed by atoms with E-state index in [0.717, 1.165) is 0 Å². The van der Waals surface area contributed by atoms with E-state index in [1.165, 1.54) is 49.4 Å². The predicted octanol–water partition coefficient (Wildman–Crippen LogP) is 3.48. The molecular formula is C20H16F2N4O3. The smallest absolute Gasteiger partial charge is 0.338 e. The zero-order chi connectivity index (χ0) is 20.7. The summed E-state index contributed by atoms with van der Waals surface area (Å²) in [6, 6.07) is 7.37. The third-order valence-electron chi connectivity index (χ3n) is 4.52. The van der Waals surface area contributed by atoms with Gasteiger partial charge in [-0.1, -0.05) is 12.1 Å². The van der Waals surface area contributed by atoms with E-state index in [9.17, 15) is 13.6 Å². The highest BCUT2D eigenvalue weighted by atomic mass is 19.1. The Kier molecular flexibility index (Phi) is 4.50. The number of nitrogens with zero attached hydrogens (tertiary/aromatic N) is 4. The first-order chi connectivity index (χ1) is 13.9. The van der Waals surface area contributed by atoms with Crippen molar-refractivity contribution in [2.75, 3.05) is 14.2 Å². The lowest BCUT2D eigenvalue weighted by atomic mass is 9.99. The van der Waals surface area contributed by atoms with Crippen molar-refractivity contribution in [3.63, 3.8) is 0 Å². The fraction of sp³-hybridized carbons (Fsp3) is 0.150.